The molecule has 3 aromatic rings. The van der Waals surface area contributed by atoms with E-state index < -0.39 is 0 Å². The Balaban J connectivity index is 1.58. The second kappa shape index (κ2) is 7.19. The molecule has 2 aromatic heterocycles. The topological polar surface area (TPSA) is 86.9 Å². The van der Waals surface area contributed by atoms with Gasteiger partial charge < -0.3 is 15.6 Å². The summed E-state index contributed by atoms with van der Waals surface area (Å²) in [6.45, 7) is 3.47. The molecule has 126 valence electrons. The van der Waals surface area contributed by atoms with Gasteiger partial charge in [0.05, 0.1) is 6.54 Å². The number of benzene rings is 1. The fourth-order valence-electron chi connectivity index (χ4n) is 2.27. The van der Waals surface area contributed by atoms with Gasteiger partial charge in [0.2, 0.25) is 5.91 Å². The van der Waals surface area contributed by atoms with Gasteiger partial charge in [-0.05, 0) is 42.0 Å². The molecule has 0 radical (unpaired) electrons. The van der Waals surface area contributed by atoms with Crippen LogP contribution in [0.15, 0.2) is 49.2 Å². The van der Waals surface area contributed by atoms with Crippen LogP contribution in [-0.2, 0) is 4.79 Å². The third-order valence-electron chi connectivity index (χ3n) is 3.53. The number of nitrogens with zero attached hydrogens (tertiary/aromatic N) is 1. The number of rotatable bonds is 5. The van der Waals surface area contributed by atoms with Crippen LogP contribution < -0.4 is 10.6 Å². The first-order valence-corrected chi connectivity index (χ1v) is 7.88. The van der Waals surface area contributed by atoms with Gasteiger partial charge in [0.25, 0.3) is 5.91 Å². The summed E-state index contributed by atoms with van der Waals surface area (Å²) in [6, 6.07) is 10.4. The molecular weight excluding hydrogens is 340 g/mol. The van der Waals surface area contributed by atoms with Crippen LogP contribution >= 0.6 is 11.6 Å². The lowest BCUT2D eigenvalue weighted by atomic mass is 10.2. The summed E-state index contributed by atoms with van der Waals surface area (Å²) >= 11 is 5.93. The van der Waals surface area contributed by atoms with Gasteiger partial charge in [-0.2, -0.15) is 0 Å². The summed E-state index contributed by atoms with van der Waals surface area (Å²) in [5, 5.41) is 6.58. The monoisotopic (exact) mass is 354 g/mol. The average molecular weight is 355 g/mol. The van der Waals surface area contributed by atoms with E-state index in [-0.39, 0.29) is 18.4 Å². The van der Waals surface area contributed by atoms with Crippen molar-refractivity contribution in [3.8, 4) is 0 Å². The Bertz CT molecular complexity index is 947. The van der Waals surface area contributed by atoms with Crippen LogP contribution in [0.1, 0.15) is 16.1 Å². The summed E-state index contributed by atoms with van der Waals surface area (Å²) in [7, 11) is 0. The van der Waals surface area contributed by atoms with Crippen molar-refractivity contribution in [2.24, 2.45) is 0 Å². The van der Waals surface area contributed by atoms with Gasteiger partial charge in [-0.25, -0.2) is 4.98 Å². The quantitative estimate of drug-likeness (QED) is 0.657. The number of hydrogen-bond donors (Lipinski definition) is 3. The van der Waals surface area contributed by atoms with E-state index >= 15 is 0 Å². The molecule has 0 atom stereocenters. The zero-order valence-corrected chi connectivity index (χ0v) is 13.9. The highest BCUT2D eigenvalue weighted by atomic mass is 35.5. The molecule has 2 amide bonds. The zero-order valence-electron chi connectivity index (χ0n) is 13.2. The maximum atomic E-state index is 12.2. The van der Waals surface area contributed by atoms with Crippen molar-refractivity contribution >= 4 is 46.2 Å². The Morgan fingerprint density at radius 3 is 2.80 bits per heavy atom. The Morgan fingerprint density at radius 1 is 1.24 bits per heavy atom. The third-order valence-corrected chi connectivity index (χ3v) is 3.76. The molecule has 0 aliphatic rings. The summed E-state index contributed by atoms with van der Waals surface area (Å²) in [5.74, 6) is -0.339. The van der Waals surface area contributed by atoms with Crippen LogP contribution in [-0.4, -0.2) is 28.3 Å². The lowest BCUT2D eigenvalue weighted by Gasteiger charge is -2.06. The second-order valence-electron chi connectivity index (χ2n) is 5.33. The average Bonchev–Trinajstić information content (AvgIpc) is 3.03. The molecule has 0 aliphatic carbocycles. The molecule has 0 saturated heterocycles. The van der Waals surface area contributed by atoms with Gasteiger partial charge in [0.1, 0.15) is 11.5 Å². The van der Waals surface area contributed by atoms with Crippen LogP contribution in [0, 0.1) is 0 Å². The number of carbonyl (C=O) groups excluding carboxylic acids is 2. The van der Waals surface area contributed by atoms with Gasteiger partial charge in [0, 0.05) is 22.1 Å². The SMILES string of the molecule is C=Cc1ccc(NC(=O)CNC(=O)c2cc3cc(Cl)ccc3[nH]2)nc1. The van der Waals surface area contributed by atoms with Crippen molar-refractivity contribution in [3.63, 3.8) is 0 Å². The van der Waals surface area contributed by atoms with Crippen LogP contribution in [0.4, 0.5) is 5.82 Å². The lowest BCUT2D eigenvalue weighted by Crippen LogP contribution is -2.33. The predicted octanol–water partition coefficient (Wildman–Crippen LogP) is 3.23. The smallest absolute Gasteiger partial charge is 0.268 e. The molecule has 3 N–H and O–H groups in total. The largest absolute Gasteiger partial charge is 0.351 e. The van der Waals surface area contributed by atoms with Crippen molar-refractivity contribution in [1.29, 1.82) is 0 Å². The van der Waals surface area contributed by atoms with Gasteiger partial charge >= 0.3 is 0 Å². The lowest BCUT2D eigenvalue weighted by molar-refractivity contribution is -0.115. The molecule has 0 fully saturated rings. The minimum Gasteiger partial charge on any atom is -0.351 e. The highest BCUT2D eigenvalue weighted by Crippen LogP contribution is 2.20. The Hall–Kier alpha value is -3.12. The number of carbonyl (C=O) groups is 2. The Kier molecular flexibility index (Phi) is 4.81. The van der Waals surface area contributed by atoms with E-state index in [2.05, 4.69) is 27.2 Å². The first kappa shape index (κ1) is 16.7. The Labute approximate surface area is 148 Å². The van der Waals surface area contributed by atoms with Crippen LogP contribution in [0.25, 0.3) is 17.0 Å². The molecule has 7 heteroatoms. The number of aromatic amines is 1. The highest BCUT2D eigenvalue weighted by molar-refractivity contribution is 6.31. The zero-order chi connectivity index (χ0) is 17.8. The number of pyridine rings is 1. The molecule has 0 bridgehead atoms. The van der Waals surface area contributed by atoms with E-state index in [0.29, 0.717) is 16.5 Å². The van der Waals surface area contributed by atoms with Crippen molar-refractivity contribution in [1.82, 2.24) is 15.3 Å². The maximum Gasteiger partial charge on any atom is 0.268 e. The maximum absolute atomic E-state index is 12.2. The van der Waals surface area contributed by atoms with Gasteiger partial charge in [-0.1, -0.05) is 24.3 Å². The number of hydrogen-bond acceptors (Lipinski definition) is 3. The number of nitrogens with one attached hydrogen (secondary N) is 3. The summed E-state index contributed by atoms with van der Waals surface area (Å²) in [6.07, 6.45) is 3.25. The highest BCUT2D eigenvalue weighted by Gasteiger charge is 2.11. The van der Waals surface area contributed by atoms with Gasteiger partial charge in [-0.3, -0.25) is 9.59 Å². The molecule has 0 saturated carbocycles. The normalized spacial score (nSPS) is 10.4. The predicted molar refractivity (Wildman–Crippen MR) is 98.6 cm³/mol. The summed E-state index contributed by atoms with van der Waals surface area (Å²) in [4.78, 5) is 31.1. The van der Waals surface area contributed by atoms with Crippen LogP contribution in [0.5, 0.6) is 0 Å². The number of fused-ring (bicyclic) bond motifs is 1. The minimum atomic E-state index is -0.377. The molecule has 0 aliphatic heterocycles. The number of amides is 2. The Morgan fingerprint density at radius 2 is 2.08 bits per heavy atom. The van der Waals surface area contributed by atoms with E-state index in [0.717, 1.165) is 16.5 Å². The fourth-order valence-corrected chi connectivity index (χ4v) is 2.45. The van der Waals surface area contributed by atoms with E-state index in [1.54, 1.807) is 48.7 Å². The molecule has 0 spiro atoms. The van der Waals surface area contributed by atoms with Crippen molar-refractivity contribution < 1.29 is 9.59 Å². The van der Waals surface area contributed by atoms with Crippen LogP contribution in [0.2, 0.25) is 5.02 Å². The summed E-state index contributed by atoms with van der Waals surface area (Å²) in [5.41, 5.74) is 2.01. The molecule has 6 nitrogen and oxygen atoms in total. The fraction of sp³-hybridized carbons (Fsp3) is 0.0556. The first-order valence-electron chi connectivity index (χ1n) is 7.50. The standard InChI is InChI=1S/C18H15ClN4O2/c1-2-11-3-6-16(20-9-11)23-17(24)10-21-18(25)15-8-12-7-13(19)4-5-14(12)22-15/h2-9,22H,1,10H2,(H,21,25)(H,20,23,24). The number of aromatic nitrogens is 2. The molecule has 25 heavy (non-hydrogen) atoms. The minimum absolute atomic E-state index is 0.167. The molecule has 0 unspecified atom stereocenters. The van der Waals surface area contributed by atoms with Gasteiger partial charge in [-0.15, -0.1) is 0 Å². The van der Waals surface area contributed by atoms with Crippen molar-refractivity contribution in [3.05, 3.63) is 65.5 Å². The first-order chi connectivity index (χ1) is 12.0. The van der Waals surface area contributed by atoms with Crippen LogP contribution in [0.3, 0.4) is 0 Å². The van der Waals surface area contributed by atoms with E-state index in [9.17, 15) is 9.59 Å². The third kappa shape index (κ3) is 4.05. The van der Waals surface area contributed by atoms with Crippen molar-refractivity contribution in [2.45, 2.75) is 0 Å². The van der Waals surface area contributed by atoms with Crippen molar-refractivity contribution in [2.75, 3.05) is 11.9 Å². The number of anilines is 1. The van der Waals surface area contributed by atoms with E-state index in [1.807, 2.05) is 0 Å². The molecule has 1 aromatic carbocycles. The summed E-state index contributed by atoms with van der Waals surface area (Å²) < 4.78 is 0. The molecular formula is C18H15ClN4O2. The number of halogens is 1. The molecule has 2 heterocycles. The van der Waals surface area contributed by atoms with E-state index in [4.69, 9.17) is 11.6 Å². The second-order valence-corrected chi connectivity index (χ2v) is 5.76. The van der Waals surface area contributed by atoms with E-state index in [1.165, 1.54) is 0 Å². The number of H-pyrrole nitrogens is 1. The molecule has 3 rings (SSSR count). The van der Waals surface area contributed by atoms with Gasteiger partial charge in [0.15, 0.2) is 0 Å².